The van der Waals surface area contributed by atoms with E-state index in [1.165, 1.54) is 32.4 Å². The Morgan fingerprint density at radius 3 is 2.85 bits per heavy atom. The van der Waals surface area contributed by atoms with Crippen LogP contribution < -0.4 is 5.32 Å². The maximum atomic E-state index is 10.8. The zero-order valence-corrected chi connectivity index (χ0v) is 11.8. The summed E-state index contributed by atoms with van der Waals surface area (Å²) in [5, 5.41) is 14.2. The summed E-state index contributed by atoms with van der Waals surface area (Å²) in [5.74, 6) is 0.700. The molecular weight excluding hydrogens is 254 g/mol. The van der Waals surface area contributed by atoms with Gasteiger partial charge in [-0.2, -0.15) is 0 Å². The topological polar surface area (TPSA) is 58.4 Å². The Hall–Kier alpha value is -1.62. The molecule has 1 unspecified atom stereocenters. The number of nitro groups is 1. The predicted octanol–water partition coefficient (Wildman–Crippen LogP) is 2.80. The monoisotopic (exact) mass is 275 g/mol. The van der Waals surface area contributed by atoms with Crippen LogP contribution in [0.3, 0.4) is 0 Å². The molecule has 2 aliphatic rings. The van der Waals surface area contributed by atoms with Crippen molar-refractivity contribution >= 4 is 11.4 Å². The van der Waals surface area contributed by atoms with E-state index < -0.39 is 0 Å². The van der Waals surface area contributed by atoms with Crippen LogP contribution in [0.2, 0.25) is 0 Å². The van der Waals surface area contributed by atoms with Crippen LogP contribution in [-0.4, -0.2) is 35.5 Å². The van der Waals surface area contributed by atoms with Crippen LogP contribution in [0.1, 0.15) is 24.8 Å². The Morgan fingerprint density at radius 1 is 1.40 bits per heavy atom. The van der Waals surface area contributed by atoms with Crippen molar-refractivity contribution in [3.05, 3.63) is 33.9 Å². The van der Waals surface area contributed by atoms with E-state index in [-0.39, 0.29) is 10.6 Å². The lowest BCUT2D eigenvalue weighted by molar-refractivity contribution is -0.385. The molecule has 108 valence electrons. The van der Waals surface area contributed by atoms with Crippen LogP contribution in [-0.2, 0) is 0 Å². The van der Waals surface area contributed by atoms with E-state index in [9.17, 15) is 10.1 Å². The summed E-state index contributed by atoms with van der Waals surface area (Å²) in [6.45, 7) is 5.17. The lowest BCUT2D eigenvalue weighted by Crippen LogP contribution is -2.24. The molecule has 1 N–H and O–H groups in total. The molecule has 0 radical (unpaired) electrons. The lowest BCUT2D eigenvalue weighted by atomic mass is 10.1. The fourth-order valence-corrected chi connectivity index (χ4v) is 3.03. The summed E-state index contributed by atoms with van der Waals surface area (Å²) in [5.41, 5.74) is 1.89. The van der Waals surface area contributed by atoms with Crippen LogP contribution >= 0.6 is 0 Å². The molecule has 0 bridgehead atoms. The van der Waals surface area contributed by atoms with Crippen molar-refractivity contribution < 1.29 is 4.92 Å². The van der Waals surface area contributed by atoms with Gasteiger partial charge in [-0.15, -0.1) is 0 Å². The second-order valence-electron chi connectivity index (χ2n) is 6.02. The first-order chi connectivity index (χ1) is 9.63. The molecule has 1 aliphatic heterocycles. The van der Waals surface area contributed by atoms with Crippen LogP contribution in [0.4, 0.5) is 11.4 Å². The van der Waals surface area contributed by atoms with Gasteiger partial charge >= 0.3 is 0 Å². The lowest BCUT2D eigenvalue weighted by Gasteiger charge is -2.15. The van der Waals surface area contributed by atoms with Gasteiger partial charge < -0.3 is 10.2 Å². The number of benzene rings is 1. The number of nitrogens with zero attached hydrogens (tertiary/aromatic N) is 2. The Morgan fingerprint density at radius 2 is 2.20 bits per heavy atom. The number of rotatable bonds is 5. The van der Waals surface area contributed by atoms with Gasteiger partial charge in [-0.05, 0) is 50.8 Å². The average Bonchev–Trinajstić information content (AvgIpc) is 3.15. The summed E-state index contributed by atoms with van der Waals surface area (Å²) in [4.78, 5) is 13.1. The Labute approximate surface area is 119 Å². The van der Waals surface area contributed by atoms with Gasteiger partial charge in [0.05, 0.1) is 4.92 Å². The molecule has 0 amide bonds. The molecule has 1 heterocycles. The van der Waals surface area contributed by atoms with E-state index in [4.69, 9.17) is 0 Å². The number of nitro benzene ring substituents is 1. The summed E-state index contributed by atoms with van der Waals surface area (Å²) in [7, 11) is 0. The van der Waals surface area contributed by atoms with Crippen molar-refractivity contribution in [3.8, 4) is 0 Å². The fraction of sp³-hybridized carbons (Fsp3) is 0.600. The van der Waals surface area contributed by atoms with Gasteiger partial charge in [0.2, 0.25) is 0 Å². The maximum absolute atomic E-state index is 10.8. The van der Waals surface area contributed by atoms with Crippen molar-refractivity contribution in [2.24, 2.45) is 5.92 Å². The van der Waals surface area contributed by atoms with E-state index in [0.29, 0.717) is 11.5 Å². The zero-order chi connectivity index (χ0) is 14.1. The van der Waals surface area contributed by atoms with Crippen LogP contribution in [0.25, 0.3) is 0 Å². The summed E-state index contributed by atoms with van der Waals surface area (Å²) < 4.78 is 0. The van der Waals surface area contributed by atoms with E-state index in [1.807, 2.05) is 6.07 Å². The molecule has 0 spiro atoms. The van der Waals surface area contributed by atoms with Crippen LogP contribution in [0, 0.1) is 23.0 Å². The Balaban J connectivity index is 1.53. The molecule has 1 aliphatic carbocycles. The van der Waals surface area contributed by atoms with Gasteiger partial charge in [-0.25, -0.2) is 0 Å². The zero-order valence-electron chi connectivity index (χ0n) is 11.8. The standard InChI is InChI=1S/C15H21N3O2/c1-11-8-13(2-5-15(11)18(19)20)16-9-12-6-7-17(10-12)14-3-4-14/h2,5,8,12,14,16H,3-4,6-7,9-10H2,1H3. The molecule has 1 saturated carbocycles. The molecule has 2 fully saturated rings. The molecule has 20 heavy (non-hydrogen) atoms. The molecule has 1 aromatic carbocycles. The van der Waals surface area contributed by atoms with Crippen molar-refractivity contribution in [1.82, 2.24) is 4.90 Å². The average molecular weight is 275 g/mol. The molecule has 0 aromatic heterocycles. The van der Waals surface area contributed by atoms with Gasteiger partial charge in [0.25, 0.3) is 5.69 Å². The Bertz CT molecular complexity index is 514. The summed E-state index contributed by atoms with van der Waals surface area (Å²) in [6.07, 6.45) is 4.01. The highest BCUT2D eigenvalue weighted by molar-refractivity contribution is 5.53. The molecule has 1 atom stereocenters. The van der Waals surface area contributed by atoms with Crippen LogP contribution in [0.15, 0.2) is 18.2 Å². The van der Waals surface area contributed by atoms with Gasteiger partial charge in [0.15, 0.2) is 0 Å². The minimum Gasteiger partial charge on any atom is -0.385 e. The van der Waals surface area contributed by atoms with Crippen molar-refractivity contribution in [1.29, 1.82) is 0 Å². The first kappa shape index (κ1) is 13.4. The number of aryl methyl sites for hydroxylation is 1. The third-order valence-electron chi connectivity index (χ3n) is 4.37. The smallest absolute Gasteiger partial charge is 0.272 e. The van der Waals surface area contributed by atoms with Crippen molar-refractivity contribution in [3.63, 3.8) is 0 Å². The van der Waals surface area contributed by atoms with E-state index in [2.05, 4.69) is 10.2 Å². The first-order valence-electron chi connectivity index (χ1n) is 7.36. The second-order valence-corrected chi connectivity index (χ2v) is 6.02. The second kappa shape index (κ2) is 5.40. The first-order valence-corrected chi connectivity index (χ1v) is 7.36. The molecule has 1 aromatic rings. The van der Waals surface area contributed by atoms with E-state index in [1.54, 1.807) is 19.1 Å². The highest BCUT2D eigenvalue weighted by Gasteiger charge is 2.34. The number of hydrogen-bond acceptors (Lipinski definition) is 4. The molecule has 5 heteroatoms. The van der Waals surface area contributed by atoms with Gasteiger partial charge in [-0.1, -0.05) is 0 Å². The van der Waals surface area contributed by atoms with E-state index in [0.717, 1.165) is 18.3 Å². The molecular formula is C15H21N3O2. The summed E-state index contributed by atoms with van der Waals surface area (Å²) in [6, 6.07) is 6.12. The minimum atomic E-state index is -0.330. The van der Waals surface area contributed by atoms with E-state index >= 15 is 0 Å². The largest absolute Gasteiger partial charge is 0.385 e. The molecule has 1 saturated heterocycles. The summed E-state index contributed by atoms with van der Waals surface area (Å²) >= 11 is 0. The highest BCUT2D eigenvalue weighted by atomic mass is 16.6. The predicted molar refractivity (Wildman–Crippen MR) is 79.0 cm³/mol. The van der Waals surface area contributed by atoms with Gasteiger partial charge in [-0.3, -0.25) is 10.1 Å². The number of hydrogen-bond donors (Lipinski definition) is 1. The van der Waals surface area contributed by atoms with Crippen molar-refractivity contribution in [2.75, 3.05) is 25.0 Å². The Kier molecular flexibility index (Phi) is 3.61. The number of anilines is 1. The fourth-order valence-electron chi connectivity index (χ4n) is 3.03. The normalized spacial score (nSPS) is 22.9. The van der Waals surface area contributed by atoms with Gasteiger partial charge in [0.1, 0.15) is 0 Å². The molecule has 3 rings (SSSR count). The third kappa shape index (κ3) is 2.93. The molecule has 5 nitrogen and oxygen atoms in total. The SMILES string of the molecule is Cc1cc(NCC2CCN(C3CC3)C2)ccc1[N+](=O)[O-]. The number of likely N-dealkylation sites (tertiary alicyclic amines) is 1. The van der Waals surface area contributed by atoms with Crippen LogP contribution in [0.5, 0.6) is 0 Å². The highest BCUT2D eigenvalue weighted by Crippen LogP contribution is 2.31. The van der Waals surface area contributed by atoms with Crippen molar-refractivity contribution in [2.45, 2.75) is 32.2 Å². The minimum absolute atomic E-state index is 0.191. The quantitative estimate of drug-likeness (QED) is 0.663. The maximum Gasteiger partial charge on any atom is 0.272 e. The third-order valence-corrected chi connectivity index (χ3v) is 4.37. The van der Waals surface area contributed by atoms with Gasteiger partial charge in [0, 0.05) is 36.4 Å². The number of nitrogens with one attached hydrogen (secondary N) is 1.